The maximum atomic E-state index is 12.9. The molecule has 1 N–H and O–H groups in total. The molecule has 2 aromatic heterocycles. The molecule has 7 heteroatoms. The summed E-state index contributed by atoms with van der Waals surface area (Å²) in [5.41, 5.74) is -0.812. The summed E-state index contributed by atoms with van der Waals surface area (Å²) in [4.78, 5) is 25.2. The third-order valence-electron chi connectivity index (χ3n) is 3.25. The van der Waals surface area contributed by atoms with Gasteiger partial charge in [0, 0.05) is 11.8 Å². The van der Waals surface area contributed by atoms with Gasteiger partial charge >= 0.3 is 5.69 Å². The van der Waals surface area contributed by atoms with Crippen LogP contribution >= 0.6 is 0 Å². The Morgan fingerprint density at radius 3 is 2.61 bits per heavy atom. The number of hydrogen-bond acceptors (Lipinski definition) is 4. The fourth-order valence-corrected chi connectivity index (χ4v) is 2.11. The van der Waals surface area contributed by atoms with Crippen LogP contribution in [-0.2, 0) is 6.54 Å². The second-order valence-corrected chi connectivity index (χ2v) is 4.81. The first-order valence-corrected chi connectivity index (χ1v) is 6.65. The van der Waals surface area contributed by atoms with Crippen molar-refractivity contribution in [1.29, 1.82) is 5.26 Å². The van der Waals surface area contributed by atoms with Crippen LogP contribution in [0.25, 0.3) is 11.3 Å². The van der Waals surface area contributed by atoms with Crippen molar-refractivity contribution in [3.8, 4) is 17.4 Å². The van der Waals surface area contributed by atoms with Crippen LogP contribution in [0.1, 0.15) is 11.3 Å². The van der Waals surface area contributed by atoms with Gasteiger partial charge in [-0.2, -0.15) is 5.26 Å². The van der Waals surface area contributed by atoms with Gasteiger partial charge in [-0.05, 0) is 36.4 Å². The summed E-state index contributed by atoms with van der Waals surface area (Å²) >= 11 is 0. The lowest BCUT2D eigenvalue weighted by molar-refractivity contribution is 0.497. The van der Waals surface area contributed by atoms with Gasteiger partial charge in [0.05, 0.1) is 6.54 Å². The second kappa shape index (κ2) is 5.77. The average molecular weight is 311 g/mol. The highest BCUT2D eigenvalue weighted by Gasteiger charge is 2.09. The van der Waals surface area contributed by atoms with Crippen molar-refractivity contribution < 1.29 is 8.81 Å². The summed E-state index contributed by atoms with van der Waals surface area (Å²) in [6, 6.07) is 10.9. The smallest absolute Gasteiger partial charge is 0.328 e. The first-order valence-electron chi connectivity index (χ1n) is 6.65. The van der Waals surface area contributed by atoms with E-state index in [9.17, 15) is 14.0 Å². The van der Waals surface area contributed by atoms with Gasteiger partial charge in [0.2, 0.25) is 0 Å². The fourth-order valence-electron chi connectivity index (χ4n) is 2.11. The number of nitrogens with one attached hydrogen (secondary N) is 1. The van der Waals surface area contributed by atoms with Gasteiger partial charge in [-0.25, -0.2) is 9.18 Å². The van der Waals surface area contributed by atoms with Gasteiger partial charge in [-0.1, -0.05) is 0 Å². The van der Waals surface area contributed by atoms with Gasteiger partial charge in [-0.3, -0.25) is 14.3 Å². The van der Waals surface area contributed by atoms with Crippen LogP contribution in [0, 0.1) is 17.1 Å². The van der Waals surface area contributed by atoms with Crippen molar-refractivity contribution in [2.24, 2.45) is 0 Å². The Kier molecular flexibility index (Phi) is 3.65. The number of nitrogens with zero attached hydrogens (tertiary/aromatic N) is 2. The van der Waals surface area contributed by atoms with Crippen LogP contribution in [0.2, 0.25) is 0 Å². The molecule has 0 amide bonds. The first-order chi connectivity index (χ1) is 11.1. The summed E-state index contributed by atoms with van der Waals surface area (Å²) in [5, 5.41) is 8.84. The van der Waals surface area contributed by atoms with E-state index < -0.39 is 11.2 Å². The third-order valence-corrected chi connectivity index (χ3v) is 3.25. The molecule has 0 aliphatic carbocycles. The van der Waals surface area contributed by atoms with Crippen molar-refractivity contribution in [2.75, 3.05) is 0 Å². The van der Waals surface area contributed by atoms with Crippen LogP contribution in [-0.4, -0.2) is 9.55 Å². The maximum absolute atomic E-state index is 12.9. The minimum Gasteiger partial charge on any atom is -0.459 e. The molecule has 3 rings (SSSR count). The minimum atomic E-state index is -0.722. The Balaban J connectivity index is 1.91. The van der Waals surface area contributed by atoms with E-state index in [-0.39, 0.29) is 17.9 Å². The maximum Gasteiger partial charge on any atom is 0.328 e. The molecule has 0 saturated carbocycles. The molecule has 3 aromatic rings. The van der Waals surface area contributed by atoms with E-state index in [2.05, 4.69) is 4.98 Å². The number of nitriles is 1. The van der Waals surface area contributed by atoms with Crippen LogP contribution < -0.4 is 11.2 Å². The number of H-pyrrole nitrogens is 1. The number of benzene rings is 1. The van der Waals surface area contributed by atoms with E-state index >= 15 is 0 Å². The lowest BCUT2D eigenvalue weighted by atomic mass is 10.2. The largest absolute Gasteiger partial charge is 0.459 e. The Morgan fingerprint density at radius 1 is 1.17 bits per heavy atom. The van der Waals surface area contributed by atoms with Gasteiger partial charge in [0.1, 0.15) is 29.0 Å². The molecule has 0 fully saturated rings. The number of rotatable bonds is 3. The fraction of sp³-hybridized carbons (Fsp3) is 0.0625. The van der Waals surface area contributed by atoms with Crippen molar-refractivity contribution >= 4 is 0 Å². The zero-order valence-electron chi connectivity index (χ0n) is 11.7. The highest BCUT2D eigenvalue weighted by atomic mass is 19.1. The Hall–Kier alpha value is -3.40. The topological polar surface area (TPSA) is 91.8 Å². The van der Waals surface area contributed by atoms with Crippen LogP contribution in [0.4, 0.5) is 4.39 Å². The van der Waals surface area contributed by atoms with Crippen LogP contribution in [0.3, 0.4) is 0 Å². The lowest BCUT2D eigenvalue weighted by Gasteiger charge is -2.03. The number of aromatic amines is 1. The molecule has 0 bridgehead atoms. The summed E-state index contributed by atoms with van der Waals surface area (Å²) in [7, 11) is 0. The first kappa shape index (κ1) is 14.5. The second-order valence-electron chi connectivity index (χ2n) is 4.81. The van der Waals surface area contributed by atoms with Gasteiger partial charge in [-0.15, -0.1) is 0 Å². The molecule has 0 saturated heterocycles. The molecule has 0 radical (unpaired) electrons. The highest BCUT2D eigenvalue weighted by molar-refractivity contribution is 5.57. The van der Waals surface area contributed by atoms with Crippen molar-refractivity contribution in [3.63, 3.8) is 0 Å². The van der Waals surface area contributed by atoms with E-state index in [0.717, 1.165) is 0 Å². The number of hydrogen-bond donors (Lipinski definition) is 1. The molecule has 6 nitrogen and oxygen atoms in total. The zero-order valence-corrected chi connectivity index (χ0v) is 11.7. The van der Waals surface area contributed by atoms with Gasteiger partial charge in [0.15, 0.2) is 0 Å². The molecule has 23 heavy (non-hydrogen) atoms. The molecular weight excluding hydrogens is 301 g/mol. The van der Waals surface area contributed by atoms with Gasteiger partial charge < -0.3 is 4.42 Å². The zero-order chi connectivity index (χ0) is 16.4. The number of halogens is 1. The molecular formula is C16H10FN3O3. The van der Waals surface area contributed by atoms with Crippen LogP contribution in [0.15, 0.2) is 56.6 Å². The van der Waals surface area contributed by atoms with E-state index in [1.165, 1.54) is 22.9 Å². The highest BCUT2D eigenvalue weighted by Crippen LogP contribution is 2.22. The Bertz CT molecular complexity index is 1010. The van der Waals surface area contributed by atoms with Crippen molar-refractivity contribution in [1.82, 2.24) is 9.55 Å². The molecule has 0 spiro atoms. The monoisotopic (exact) mass is 311 g/mol. The SMILES string of the molecule is N#Cc1cn(Cc2ccc(-c3ccc(F)cc3)o2)c(=O)[nH]c1=O. The molecule has 0 unspecified atom stereocenters. The molecule has 114 valence electrons. The van der Waals surface area contributed by atoms with E-state index in [4.69, 9.17) is 9.68 Å². The van der Waals surface area contributed by atoms with Crippen LogP contribution in [0.5, 0.6) is 0 Å². The van der Waals surface area contributed by atoms with Crippen molar-refractivity contribution in [3.05, 3.63) is 80.6 Å². The molecule has 1 aromatic carbocycles. The Morgan fingerprint density at radius 2 is 1.91 bits per heavy atom. The minimum absolute atomic E-state index is 0.0610. The number of aromatic nitrogens is 2. The quantitative estimate of drug-likeness (QED) is 0.799. The number of furan rings is 1. The lowest BCUT2D eigenvalue weighted by Crippen LogP contribution is -2.31. The normalized spacial score (nSPS) is 10.4. The predicted octanol–water partition coefficient (Wildman–Crippen LogP) is 1.86. The molecule has 0 atom stereocenters. The van der Waals surface area contributed by atoms with E-state index in [1.54, 1.807) is 30.3 Å². The molecule has 2 heterocycles. The summed E-state index contributed by atoms with van der Waals surface area (Å²) in [5.74, 6) is 0.643. The van der Waals surface area contributed by atoms with E-state index in [1.807, 2.05) is 0 Å². The standard InChI is InChI=1S/C16H10FN3O3/c17-12-3-1-10(2-4-12)14-6-5-13(23-14)9-20-8-11(7-18)15(21)19-16(20)22/h1-6,8H,9H2,(H,19,21,22). The predicted molar refractivity (Wildman–Crippen MR) is 79.2 cm³/mol. The molecule has 0 aliphatic rings. The summed E-state index contributed by atoms with van der Waals surface area (Å²) in [6.45, 7) is 0.0610. The van der Waals surface area contributed by atoms with Gasteiger partial charge in [0.25, 0.3) is 5.56 Å². The van der Waals surface area contributed by atoms with E-state index in [0.29, 0.717) is 17.1 Å². The van der Waals surface area contributed by atoms with Crippen molar-refractivity contribution in [2.45, 2.75) is 6.54 Å². The summed E-state index contributed by atoms with van der Waals surface area (Å²) < 4.78 is 19.7. The summed E-state index contributed by atoms with van der Waals surface area (Å²) in [6.07, 6.45) is 1.18. The average Bonchev–Trinajstić information content (AvgIpc) is 2.99. The Labute approximate surface area is 129 Å². The molecule has 0 aliphatic heterocycles. The third kappa shape index (κ3) is 2.96.